The lowest BCUT2D eigenvalue weighted by Gasteiger charge is -2.46. The summed E-state index contributed by atoms with van der Waals surface area (Å²) in [5.41, 5.74) is -0.184. The van der Waals surface area contributed by atoms with Crippen LogP contribution in [-0.2, 0) is 0 Å². The zero-order valence-corrected chi connectivity index (χ0v) is 18.0. The van der Waals surface area contributed by atoms with Crippen LogP contribution in [0.5, 0.6) is 0 Å². The average molecular weight is 449 g/mol. The van der Waals surface area contributed by atoms with Gasteiger partial charge in [0.05, 0.1) is 6.21 Å². The van der Waals surface area contributed by atoms with Crippen molar-refractivity contribution in [1.82, 2.24) is 25.7 Å². The highest BCUT2D eigenvalue weighted by Crippen LogP contribution is 2.28. The minimum atomic E-state index is -0.585. The first kappa shape index (κ1) is 20.5. The van der Waals surface area contributed by atoms with E-state index in [0.29, 0.717) is 0 Å². The Morgan fingerprint density at radius 1 is 1.25 bits per heavy atom. The van der Waals surface area contributed by atoms with E-state index >= 15 is 0 Å². The van der Waals surface area contributed by atoms with E-state index in [1.807, 2.05) is 24.3 Å². The fourth-order valence-electron chi connectivity index (χ4n) is 3.87. The molecule has 8 nitrogen and oxygen atoms in total. The van der Waals surface area contributed by atoms with Crippen molar-refractivity contribution < 1.29 is 4.79 Å². The van der Waals surface area contributed by atoms with Gasteiger partial charge in [0.1, 0.15) is 0 Å². The number of carbonyl (C=O) groups is 1. The van der Waals surface area contributed by atoms with Crippen LogP contribution in [0, 0.1) is 0 Å². The number of amides is 1. The standard InChI is InChI=1S/C19H25BrN6O2/c1-18(2)9-14(10-19(3,4)24-18)22-16(27)15-17(28)26(25-23-15)21-11-12-5-7-13(20)8-6-12/h5-8,11,14,24-25H,9-10H2,1-4H3,(H,22,27). The largest absolute Gasteiger partial charge is 0.348 e. The Labute approximate surface area is 171 Å². The van der Waals surface area contributed by atoms with Crippen LogP contribution in [0.2, 0.25) is 0 Å². The fourth-order valence-corrected chi connectivity index (χ4v) is 4.13. The molecule has 9 heteroatoms. The zero-order chi connectivity index (χ0) is 20.5. The van der Waals surface area contributed by atoms with Crippen molar-refractivity contribution in [2.75, 3.05) is 0 Å². The highest BCUT2D eigenvalue weighted by atomic mass is 79.9. The molecular formula is C19H25BrN6O2. The van der Waals surface area contributed by atoms with E-state index in [-0.39, 0.29) is 22.8 Å². The maximum absolute atomic E-state index is 12.6. The molecule has 1 aromatic carbocycles. The number of benzene rings is 1. The Balaban J connectivity index is 1.71. The molecule has 0 aliphatic carbocycles. The maximum Gasteiger partial charge on any atom is 0.320 e. The average Bonchev–Trinajstić information content (AvgIpc) is 2.92. The molecule has 3 rings (SSSR count). The molecular weight excluding hydrogens is 424 g/mol. The number of rotatable bonds is 4. The van der Waals surface area contributed by atoms with Crippen molar-refractivity contribution in [2.45, 2.75) is 57.7 Å². The summed E-state index contributed by atoms with van der Waals surface area (Å²) in [6, 6.07) is 7.40. The molecule has 0 bridgehead atoms. The van der Waals surface area contributed by atoms with Crippen molar-refractivity contribution in [3.8, 4) is 0 Å². The van der Waals surface area contributed by atoms with Crippen molar-refractivity contribution in [2.24, 2.45) is 5.10 Å². The minimum absolute atomic E-state index is 0.0467. The Hall–Kier alpha value is -2.26. The van der Waals surface area contributed by atoms with E-state index in [0.717, 1.165) is 27.7 Å². The molecule has 28 heavy (non-hydrogen) atoms. The molecule has 0 spiro atoms. The van der Waals surface area contributed by atoms with Gasteiger partial charge in [0.2, 0.25) is 5.69 Å². The first-order chi connectivity index (χ1) is 13.0. The van der Waals surface area contributed by atoms with E-state index in [1.54, 1.807) is 0 Å². The van der Waals surface area contributed by atoms with Crippen molar-refractivity contribution in [3.05, 3.63) is 50.3 Å². The third-order valence-electron chi connectivity index (χ3n) is 4.58. The Kier molecular flexibility index (Phi) is 5.58. The first-order valence-electron chi connectivity index (χ1n) is 9.12. The molecule has 1 aromatic heterocycles. The quantitative estimate of drug-likeness (QED) is 0.623. The summed E-state index contributed by atoms with van der Waals surface area (Å²) in [5.74, 6) is -0.489. The summed E-state index contributed by atoms with van der Waals surface area (Å²) in [6.07, 6.45) is 3.05. The number of H-pyrrole nitrogens is 1. The van der Waals surface area contributed by atoms with Gasteiger partial charge in [-0.3, -0.25) is 9.59 Å². The summed E-state index contributed by atoms with van der Waals surface area (Å²) in [5, 5.41) is 16.9. The SMILES string of the molecule is CC1(C)CC(NC(=O)c2n[nH]n(N=Cc3ccc(Br)cc3)c2=O)CC(C)(C)N1. The zero-order valence-electron chi connectivity index (χ0n) is 16.4. The Bertz CT molecular complexity index is 926. The number of piperidine rings is 1. The Morgan fingerprint density at radius 3 is 2.46 bits per heavy atom. The lowest BCUT2D eigenvalue weighted by Crippen LogP contribution is -2.62. The van der Waals surface area contributed by atoms with Crippen LogP contribution in [0.3, 0.4) is 0 Å². The number of nitrogens with one attached hydrogen (secondary N) is 3. The van der Waals surface area contributed by atoms with Gasteiger partial charge in [-0.2, -0.15) is 10.3 Å². The van der Waals surface area contributed by atoms with Crippen LogP contribution < -0.4 is 16.2 Å². The van der Waals surface area contributed by atoms with Gasteiger partial charge in [-0.1, -0.05) is 28.1 Å². The number of halogens is 1. The van der Waals surface area contributed by atoms with Crippen LogP contribution in [0.15, 0.2) is 38.6 Å². The molecule has 1 aliphatic rings. The number of carbonyl (C=O) groups excluding carboxylic acids is 1. The van der Waals surface area contributed by atoms with Gasteiger partial charge in [-0.15, -0.1) is 9.89 Å². The van der Waals surface area contributed by atoms with Crippen molar-refractivity contribution in [3.63, 3.8) is 0 Å². The highest BCUT2D eigenvalue weighted by molar-refractivity contribution is 9.10. The second-order valence-corrected chi connectivity index (χ2v) is 9.36. The molecule has 0 atom stereocenters. The van der Waals surface area contributed by atoms with Gasteiger partial charge in [0.15, 0.2) is 0 Å². The van der Waals surface area contributed by atoms with Crippen LogP contribution in [-0.4, -0.2) is 44.3 Å². The van der Waals surface area contributed by atoms with Gasteiger partial charge in [-0.05, 0) is 58.2 Å². The van der Waals surface area contributed by atoms with Crippen molar-refractivity contribution >= 4 is 28.1 Å². The molecule has 3 N–H and O–H groups in total. The molecule has 0 saturated carbocycles. The summed E-state index contributed by atoms with van der Waals surface area (Å²) in [7, 11) is 0. The van der Waals surface area contributed by atoms with Crippen LogP contribution >= 0.6 is 15.9 Å². The van der Waals surface area contributed by atoms with Gasteiger partial charge in [-0.25, -0.2) is 0 Å². The van der Waals surface area contributed by atoms with Crippen LogP contribution in [0.1, 0.15) is 56.6 Å². The van der Waals surface area contributed by atoms with Crippen molar-refractivity contribution in [1.29, 1.82) is 0 Å². The third-order valence-corrected chi connectivity index (χ3v) is 5.11. The smallest absolute Gasteiger partial charge is 0.320 e. The third kappa shape index (κ3) is 4.96. The van der Waals surface area contributed by atoms with Crippen LogP contribution in [0.4, 0.5) is 0 Å². The second kappa shape index (κ2) is 7.63. The highest BCUT2D eigenvalue weighted by Gasteiger charge is 2.38. The topological polar surface area (TPSA) is 104 Å². The predicted molar refractivity (Wildman–Crippen MR) is 112 cm³/mol. The Morgan fingerprint density at radius 2 is 1.86 bits per heavy atom. The summed E-state index contributed by atoms with van der Waals surface area (Å²) < 4.78 is 0.951. The van der Waals surface area contributed by atoms with Crippen LogP contribution in [0.25, 0.3) is 0 Å². The summed E-state index contributed by atoms with van der Waals surface area (Å²) in [6.45, 7) is 8.41. The van der Waals surface area contributed by atoms with E-state index in [2.05, 4.69) is 69.7 Å². The second-order valence-electron chi connectivity index (χ2n) is 8.44. The summed E-state index contributed by atoms with van der Waals surface area (Å²) in [4.78, 5) is 26.0. The van der Waals surface area contributed by atoms with Gasteiger partial charge in [0, 0.05) is 21.6 Å². The van der Waals surface area contributed by atoms with E-state index in [4.69, 9.17) is 0 Å². The number of hydrogen-bond acceptors (Lipinski definition) is 5. The molecule has 1 saturated heterocycles. The van der Waals surface area contributed by atoms with Gasteiger partial charge in [0.25, 0.3) is 5.91 Å². The minimum Gasteiger partial charge on any atom is -0.348 e. The lowest BCUT2D eigenvalue weighted by atomic mass is 9.79. The molecule has 0 radical (unpaired) electrons. The molecule has 1 fully saturated rings. The molecule has 1 amide bonds. The number of nitrogens with zero attached hydrogens (tertiary/aromatic N) is 3. The maximum atomic E-state index is 12.6. The monoisotopic (exact) mass is 448 g/mol. The fraction of sp³-hybridized carbons (Fsp3) is 0.474. The normalized spacial score (nSPS) is 19.0. The number of aromatic amines is 1. The van der Waals surface area contributed by atoms with E-state index < -0.39 is 11.5 Å². The van der Waals surface area contributed by atoms with E-state index in [1.165, 1.54) is 6.21 Å². The molecule has 1 aliphatic heterocycles. The predicted octanol–water partition coefficient (Wildman–Crippen LogP) is 2.26. The first-order valence-corrected chi connectivity index (χ1v) is 9.92. The molecule has 2 heterocycles. The summed E-state index contributed by atoms with van der Waals surface area (Å²) >= 11 is 3.36. The van der Waals surface area contributed by atoms with Gasteiger partial charge < -0.3 is 10.6 Å². The lowest BCUT2D eigenvalue weighted by molar-refractivity contribution is 0.0867. The van der Waals surface area contributed by atoms with Gasteiger partial charge >= 0.3 is 5.56 Å². The van der Waals surface area contributed by atoms with E-state index in [9.17, 15) is 9.59 Å². The molecule has 0 unspecified atom stereocenters. The molecule has 150 valence electrons. The number of aromatic nitrogens is 3. The number of hydrogen-bond donors (Lipinski definition) is 3. The molecule has 2 aromatic rings.